The van der Waals surface area contributed by atoms with Gasteiger partial charge in [0, 0.05) is 27.4 Å². The molecule has 2 unspecified atom stereocenters. The second kappa shape index (κ2) is 3.83. The van der Waals surface area contributed by atoms with Crippen molar-refractivity contribution in [3.8, 4) is 11.5 Å². The van der Waals surface area contributed by atoms with Crippen LogP contribution >= 0.6 is 15.9 Å². The van der Waals surface area contributed by atoms with Crippen molar-refractivity contribution in [3.05, 3.63) is 33.8 Å². The Hall–Kier alpha value is -1.04. The minimum absolute atomic E-state index is 0.173. The molecule has 0 amide bonds. The predicted molar refractivity (Wildman–Crippen MR) is 80.6 cm³/mol. The molecule has 0 aromatic heterocycles. The minimum Gasteiger partial charge on any atom is -0.504 e. The molecule has 3 N–H and O–H groups in total. The van der Waals surface area contributed by atoms with E-state index in [0.29, 0.717) is 17.7 Å². The van der Waals surface area contributed by atoms with Gasteiger partial charge in [0.1, 0.15) is 12.2 Å². The Bertz CT molecular complexity index is 689. The highest BCUT2D eigenvalue weighted by Gasteiger charge is 2.63. The summed E-state index contributed by atoms with van der Waals surface area (Å²) in [5.74, 6) is 1.08. The lowest BCUT2D eigenvalue weighted by atomic mass is 9.54. The molecular formula is C16H16BrNO3. The largest absolute Gasteiger partial charge is 0.504 e. The van der Waals surface area contributed by atoms with Crippen LogP contribution in [0.5, 0.6) is 11.5 Å². The zero-order chi connectivity index (χ0) is 14.4. The van der Waals surface area contributed by atoms with Crippen LogP contribution in [0.3, 0.4) is 0 Å². The molecule has 0 saturated carbocycles. The monoisotopic (exact) mass is 349 g/mol. The van der Waals surface area contributed by atoms with Gasteiger partial charge in [0.05, 0.1) is 0 Å². The molecule has 2 heterocycles. The molecule has 21 heavy (non-hydrogen) atoms. The molecule has 5 atom stereocenters. The second-order valence-corrected chi connectivity index (χ2v) is 7.41. The summed E-state index contributed by atoms with van der Waals surface area (Å²) in [6, 6.07) is 2.09. The number of aliphatic hydroxyl groups is 1. The molecule has 110 valence electrons. The van der Waals surface area contributed by atoms with Gasteiger partial charge < -0.3 is 20.3 Å². The quantitative estimate of drug-likeness (QED) is 0.623. The highest BCUT2D eigenvalue weighted by Crippen LogP contribution is 2.62. The number of rotatable bonds is 0. The third-order valence-corrected chi connectivity index (χ3v) is 6.46. The van der Waals surface area contributed by atoms with E-state index in [-0.39, 0.29) is 17.3 Å². The van der Waals surface area contributed by atoms with Crippen LogP contribution in [-0.4, -0.2) is 35.0 Å². The van der Waals surface area contributed by atoms with Crippen molar-refractivity contribution in [2.75, 3.05) is 6.54 Å². The van der Waals surface area contributed by atoms with Gasteiger partial charge in [0.25, 0.3) is 0 Å². The summed E-state index contributed by atoms with van der Waals surface area (Å²) in [5.41, 5.74) is 2.15. The fourth-order valence-electron chi connectivity index (χ4n) is 5.02. The maximum atomic E-state index is 10.4. The Labute approximate surface area is 130 Å². The number of hydrogen-bond acceptors (Lipinski definition) is 4. The van der Waals surface area contributed by atoms with E-state index >= 15 is 0 Å². The molecule has 2 aliphatic heterocycles. The number of phenolic OH excluding ortho intramolecular Hbond substituents is 1. The first kappa shape index (κ1) is 12.5. The summed E-state index contributed by atoms with van der Waals surface area (Å²) in [6.45, 7) is 0.924. The number of phenols is 1. The summed E-state index contributed by atoms with van der Waals surface area (Å²) >= 11 is 3.60. The van der Waals surface area contributed by atoms with Crippen molar-refractivity contribution < 1.29 is 14.9 Å². The Morgan fingerprint density at radius 3 is 3.10 bits per heavy atom. The van der Waals surface area contributed by atoms with Gasteiger partial charge in [-0.15, -0.1) is 0 Å². The molecule has 5 rings (SSSR count). The molecular weight excluding hydrogens is 334 g/mol. The summed E-state index contributed by atoms with van der Waals surface area (Å²) < 4.78 is 7.02. The van der Waals surface area contributed by atoms with E-state index in [2.05, 4.69) is 27.3 Å². The number of nitrogens with one attached hydrogen (secondary N) is 1. The molecule has 2 aliphatic carbocycles. The molecule has 1 aromatic carbocycles. The van der Waals surface area contributed by atoms with Crippen LogP contribution in [-0.2, 0) is 11.8 Å². The molecule has 1 fully saturated rings. The Morgan fingerprint density at radius 1 is 1.38 bits per heavy atom. The Balaban J connectivity index is 1.88. The first-order chi connectivity index (χ1) is 10.1. The second-order valence-electron chi connectivity index (χ2n) is 6.56. The smallest absolute Gasteiger partial charge is 0.165 e. The molecule has 4 nitrogen and oxygen atoms in total. The lowest BCUT2D eigenvalue weighted by Crippen LogP contribution is -2.64. The van der Waals surface area contributed by atoms with Crippen LogP contribution in [0, 0.1) is 5.92 Å². The van der Waals surface area contributed by atoms with E-state index < -0.39 is 6.10 Å². The number of ether oxygens (including phenoxy) is 1. The lowest BCUT2D eigenvalue weighted by Gasteiger charge is -2.53. The number of halogens is 1. The van der Waals surface area contributed by atoms with Crippen molar-refractivity contribution in [2.45, 2.75) is 36.5 Å². The molecule has 1 saturated heterocycles. The first-order valence-corrected chi connectivity index (χ1v) is 8.23. The van der Waals surface area contributed by atoms with Crippen molar-refractivity contribution in [1.29, 1.82) is 0 Å². The van der Waals surface area contributed by atoms with E-state index in [0.717, 1.165) is 29.4 Å². The minimum atomic E-state index is -0.614. The third kappa shape index (κ3) is 1.29. The Kier molecular flexibility index (Phi) is 2.28. The molecule has 4 aliphatic rings. The lowest BCUT2D eigenvalue weighted by molar-refractivity contribution is -0.0178. The van der Waals surface area contributed by atoms with Gasteiger partial charge in [0.2, 0.25) is 0 Å². The molecule has 0 radical (unpaired) electrons. The van der Waals surface area contributed by atoms with Gasteiger partial charge in [-0.2, -0.15) is 0 Å². The van der Waals surface area contributed by atoms with E-state index in [1.54, 1.807) is 6.07 Å². The van der Waals surface area contributed by atoms with Gasteiger partial charge in [-0.25, -0.2) is 0 Å². The average Bonchev–Trinajstić information content (AvgIpc) is 2.78. The Morgan fingerprint density at radius 2 is 2.24 bits per heavy atom. The van der Waals surface area contributed by atoms with Crippen LogP contribution in [0.25, 0.3) is 0 Å². The average molecular weight is 350 g/mol. The number of aliphatic hydroxyl groups excluding tert-OH is 1. The van der Waals surface area contributed by atoms with E-state index in [4.69, 9.17) is 4.74 Å². The maximum Gasteiger partial charge on any atom is 0.165 e. The predicted octanol–water partition coefficient (Wildman–Crippen LogP) is 1.62. The fourth-order valence-corrected chi connectivity index (χ4v) is 5.59. The van der Waals surface area contributed by atoms with Gasteiger partial charge in [-0.3, -0.25) is 0 Å². The highest BCUT2D eigenvalue weighted by molar-refractivity contribution is 9.10. The highest BCUT2D eigenvalue weighted by atomic mass is 79.9. The standard InChI is InChI=1S/C16H16BrNO3/c17-9-6-12(20)14-13-7(9)5-10-8-1-2-11(19)15(21-14)16(8,13)3-4-18-10/h1-2,6,8,10-11,15,18-20H,3-5H2/t8-,10?,11-,15-,16?/m0/s1. The van der Waals surface area contributed by atoms with Crippen LogP contribution < -0.4 is 10.1 Å². The van der Waals surface area contributed by atoms with Crippen LogP contribution in [0.2, 0.25) is 0 Å². The number of piperidine rings is 1. The zero-order valence-electron chi connectivity index (χ0n) is 11.3. The molecule has 2 bridgehead atoms. The van der Waals surface area contributed by atoms with Gasteiger partial charge >= 0.3 is 0 Å². The molecule has 1 spiro atoms. The summed E-state index contributed by atoms with van der Waals surface area (Å²) in [4.78, 5) is 0. The fraction of sp³-hybridized carbons (Fsp3) is 0.500. The van der Waals surface area contributed by atoms with Crippen molar-refractivity contribution in [2.24, 2.45) is 5.92 Å². The normalized spacial score (nSPS) is 41.6. The van der Waals surface area contributed by atoms with Crippen molar-refractivity contribution >= 4 is 15.9 Å². The maximum absolute atomic E-state index is 10.4. The van der Waals surface area contributed by atoms with E-state index in [9.17, 15) is 10.2 Å². The molecule has 1 aromatic rings. The summed E-state index contributed by atoms with van der Waals surface area (Å²) in [5, 5.41) is 24.3. The number of aromatic hydroxyl groups is 1. The topological polar surface area (TPSA) is 61.7 Å². The SMILES string of the molecule is Oc1cc(Br)c2c3c1O[C@H]1[C@@H](O)C=C[C@H]4C(C2)NCCC341. The van der Waals surface area contributed by atoms with Gasteiger partial charge in [-0.1, -0.05) is 28.1 Å². The van der Waals surface area contributed by atoms with E-state index in [1.165, 1.54) is 5.56 Å². The van der Waals surface area contributed by atoms with Gasteiger partial charge in [-0.05, 0) is 31.0 Å². The van der Waals surface area contributed by atoms with Gasteiger partial charge in [0.15, 0.2) is 11.5 Å². The number of hydrogen-bond donors (Lipinski definition) is 3. The first-order valence-electron chi connectivity index (χ1n) is 7.44. The van der Waals surface area contributed by atoms with Crippen LogP contribution in [0.1, 0.15) is 17.5 Å². The van der Waals surface area contributed by atoms with Crippen molar-refractivity contribution in [3.63, 3.8) is 0 Å². The third-order valence-electron chi connectivity index (χ3n) is 5.75. The molecule has 5 heteroatoms. The van der Waals surface area contributed by atoms with Crippen LogP contribution in [0.4, 0.5) is 0 Å². The number of benzene rings is 1. The van der Waals surface area contributed by atoms with Crippen LogP contribution in [0.15, 0.2) is 22.7 Å². The zero-order valence-corrected chi connectivity index (χ0v) is 12.9. The van der Waals surface area contributed by atoms with E-state index in [1.807, 2.05) is 6.08 Å². The summed E-state index contributed by atoms with van der Waals surface area (Å²) in [7, 11) is 0. The van der Waals surface area contributed by atoms with Crippen molar-refractivity contribution in [1.82, 2.24) is 5.32 Å². The summed E-state index contributed by atoms with van der Waals surface area (Å²) in [6.07, 6.45) is 4.96.